The van der Waals surface area contributed by atoms with Gasteiger partial charge >= 0.3 is 0 Å². The van der Waals surface area contributed by atoms with Gasteiger partial charge in [0.25, 0.3) is 5.91 Å². The number of piperidine rings is 1. The monoisotopic (exact) mass is 324 g/mol. The zero-order valence-electron chi connectivity index (χ0n) is 14.1. The first-order chi connectivity index (χ1) is 11.6. The molecule has 24 heavy (non-hydrogen) atoms. The molecule has 1 aromatic heterocycles. The van der Waals surface area contributed by atoms with Crippen molar-refractivity contribution in [1.82, 2.24) is 4.90 Å². The molecule has 0 unspecified atom stereocenters. The standard InChI is InChI=1S/C20H24N2O2/c1-16-5-2-3-7-18(16)9-8-17-6-4-12-21(15-17)20(23)19-10-13-22(24)14-11-19/h2-3,5,7,10-11,13-14,17H,4,6,8-9,12,15H2,1H3/t17-/m0/s1. The average molecular weight is 324 g/mol. The maximum atomic E-state index is 12.6. The fraction of sp³-hybridized carbons (Fsp3) is 0.400. The molecule has 0 N–H and O–H groups in total. The van der Waals surface area contributed by atoms with Gasteiger partial charge in [0.05, 0.1) is 5.56 Å². The fourth-order valence-corrected chi connectivity index (χ4v) is 3.47. The Hall–Kier alpha value is -2.36. The third-order valence-corrected chi connectivity index (χ3v) is 4.94. The molecule has 1 aliphatic heterocycles. The number of amides is 1. The molecule has 4 nitrogen and oxygen atoms in total. The van der Waals surface area contributed by atoms with Gasteiger partial charge in [-0.15, -0.1) is 0 Å². The molecule has 1 amide bonds. The number of hydrogen-bond donors (Lipinski definition) is 0. The Balaban J connectivity index is 1.59. The van der Waals surface area contributed by atoms with Crippen LogP contribution in [0.3, 0.4) is 0 Å². The average Bonchev–Trinajstić information content (AvgIpc) is 2.61. The maximum absolute atomic E-state index is 12.6. The molecular weight excluding hydrogens is 300 g/mol. The van der Waals surface area contributed by atoms with Crippen LogP contribution >= 0.6 is 0 Å². The molecule has 0 radical (unpaired) electrons. The highest BCUT2D eigenvalue weighted by molar-refractivity contribution is 5.94. The Morgan fingerprint density at radius 3 is 2.75 bits per heavy atom. The lowest BCUT2D eigenvalue weighted by molar-refractivity contribution is -0.605. The van der Waals surface area contributed by atoms with E-state index in [0.717, 1.165) is 32.4 Å². The van der Waals surface area contributed by atoms with Crippen LogP contribution in [0.1, 0.15) is 40.7 Å². The van der Waals surface area contributed by atoms with Gasteiger partial charge in [0.15, 0.2) is 12.4 Å². The minimum absolute atomic E-state index is 0.0381. The van der Waals surface area contributed by atoms with Gasteiger partial charge in [-0.05, 0) is 49.7 Å². The van der Waals surface area contributed by atoms with Crippen molar-refractivity contribution in [2.45, 2.75) is 32.6 Å². The van der Waals surface area contributed by atoms with Crippen LogP contribution in [0.2, 0.25) is 0 Å². The van der Waals surface area contributed by atoms with Crippen molar-refractivity contribution in [3.05, 3.63) is 70.7 Å². The number of rotatable bonds is 4. The van der Waals surface area contributed by atoms with Gasteiger partial charge in [-0.3, -0.25) is 4.79 Å². The number of likely N-dealkylation sites (tertiary alicyclic amines) is 1. The summed E-state index contributed by atoms with van der Waals surface area (Å²) in [5.74, 6) is 0.589. The van der Waals surface area contributed by atoms with Gasteiger partial charge < -0.3 is 10.1 Å². The summed E-state index contributed by atoms with van der Waals surface area (Å²) in [6, 6.07) is 11.7. The number of carbonyl (C=O) groups excluding carboxylic acids is 1. The largest absolute Gasteiger partial charge is 0.619 e. The second-order valence-electron chi connectivity index (χ2n) is 6.67. The molecule has 0 saturated carbocycles. The normalized spacial score (nSPS) is 17.7. The Labute approximate surface area is 143 Å². The molecule has 1 aliphatic rings. The van der Waals surface area contributed by atoms with Gasteiger partial charge in [0.2, 0.25) is 0 Å². The molecule has 2 heterocycles. The van der Waals surface area contributed by atoms with E-state index in [4.69, 9.17) is 0 Å². The van der Waals surface area contributed by atoms with Crippen molar-refractivity contribution >= 4 is 5.91 Å². The third kappa shape index (κ3) is 3.94. The third-order valence-electron chi connectivity index (χ3n) is 4.94. The van der Waals surface area contributed by atoms with Crippen molar-refractivity contribution < 1.29 is 9.52 Å². The minimum atomic E-state index is 0.0381. The summed E-state index contributed by atoms with van der Waals surface area (Å²) >= 11 is 0. The topological polar surface area (TPSA) is 47.2 Å². The van der Waals surface area contributed by atoms with E-state index >= 15 is 0 Å². The molecule has 0 bridgehead atoms. The molecule has 126 valence electrons. The molecule has 0 aliphatic carbocycles. The summed E-state index contributed by atoms with van der Waals surface area (Å²) in [6.07, 6.45) is 7.19. The quantitative estimate of drug-likeness (QED) is 0.641. The van der Waals surface area contributed by atoms with Gasteiger partial charge in [0.1, 0.15) is 0 Å². The number of hydrogen-bond acceptors (Lipinski definition) is 2. The van der Waals surface area contributed by atoms with E-state index in [1.807, 2.05) is 4.90 Å². The first-order valence-electron chi connectivity index (χ1n) is 8.66. The summed E-state index contributed by atoms with van der Waals surface area (Å²) in [5.41, 5.74) is 3.35. The van der Waals surface area contributed by atoms with Crippen molar-refractivity contribution in [2.75, 3.05) is 13.1 Å². The zero-order valence-corrected chi connectivity index (χ0v) is 14.1. The number of pyridine rings is 1. The van der Waals surface area contributed by atoms with E-state index in [-0.39, 0.29) is 5.91 Å². The number of benzene rings is 1. The second-order valence-corrected chi connectivity index (χ2v) is 6.67. The fourth-order valence-electron chi connectivity index (χ4n) is 3.47. The molecule has 1 aromatic carbocycles. The predicted molar refractivity (Wildman–Crippen MR) is 93.5 cm³/mol. The van der Waals surface area contributed by atoms with Crippen LogP contribution in [0.25, 0.3) is 0 Å². The van der Waals surface area contributed by atoms with E-state index in [9.17, 15) is 10.0 Å². The molecule has 0 spiro atoms. The van der Waals surface area contributed by atoms with Crippen molar-refractivity contribution in [3.8, 4) is 0 Å². The summed E-state index contributed by atoms with van der Waals surface area (Å²) in [5, 5.41) is 11.1. The first-order valence-corrected chi connectivity index (χ1v) is 8.66. The summed E-state index contributed by atoms with van der Waals surface area (Å²) in [6.45, 7) is 3.78. The molecule has 1 saturated heterocycles. The lowest BCUT2D eigenvalue weighted by Gasteiger charge is -2.33. The van der Waals surface area contributed by atoms with Crippen LogP contribution in [-0.2, 0) is 6.42 Å². The number of aryl methyl sites for hydroxylation is 2. The molecule has 1 fully saturated rings. The van der Waals surface area contributed by atoms with Crippen LogP contribution in [0.5, 0.6) is 0 Å². The Morgan fingerprint density at radius 2 is 2.00 bits per heavy atom. The van der Waals surface area contributed by atoms with E-state index in [1.165, 1.54) is 29.9 Å². The van der Waals surface area contributed by atoms with Gasteiger partial charge in [0, 0.05) is 25.2 Å². The van der Waals surface area contributed by atoms with E-state index in [1.54, 1.807) is 12.1 Å². The Morgan fingerprint density at radius 1 is 1.25 bits per heavy atom. The number of carbonyl (C=O) groups is 1. The van der Waals surface area contributed by atoms with E-state index < -0.39 is 0 Å². The van der Waals surface area contributed by atoms with Gasteiger partial charge in [-0.2, -0.15) is 4.73 Å². The summed E-state index contributed by atoms with van der Waals surface area (Å²) in [7, 11) is 0. The second kappa shape index (κ2) is 7.47. The molecule has 3 rings (SSSR count). The van der Waals surface area contributed by atoms with Crippen LogP contribution in [0.4, 0.5) is 0 Å². The van der Waals surface area contributed by atoms with Gasteiger partial charge in [-0.25, -0.2) is 0 Å². The minimum Gasteiger partial charge on any atom is -0.619 e. The summed E-state index contributed by atoms with van der Waals surface area (Å²) < 4.78 is 0.706. The highest BCUT2D eigenvalue weighted by atomic mass is 16.5. The highest BCUT2D eigenvalue weighted by Gasteiger charge is 2.24. The SMILES string of the molecule is Cc1ccccc1CC[C@@H]1CCCN(C(=O)c2cc[n+]([O-])cc2)C1. The zero-order chi connectivity index (χ0) is 16.9. The molecule has 2 aromatic rings. The Kier molecular flexibility index (Phi) is 5.14. The van der Waals surface area contributed by atoms with Crippen molar-refractivity contribution in [1.29, 1.82) is 0 Å². The van der Waals surface area contributed by atoms with Crippen molar-refractivity contribution in [2.24, 2.45) is 5.92 Å². The highest BCUT2D eigenvalue weighted by Crippen LogP contribution is 2.23. The van der Waals surface area contributed by atoms with Crippen LogP contribution in [0.15, 0.2) is 48.8 Å². The smallest absolute Gasteiger partial charge is 0.254 e. The number of nitrogens with zero attached hydrogens (tertiary/aromatic N) is 2. The van der Waals surface area contributed by atoms with Crippen LogP contribution in [0, 0.1) is 18.0 Å². The molecular formula is C20H24N2O2. The van der Waals surface area contributed by atoms with Gasteiger partial charge in [-0.1, -0.05) is 24.3 Å². The maximum Gasteiger partial charge on any atom is 0.254 e. The van der Waals surface area contributed by atoms with E-state index in [2.05, 4.69) is 31.2 Å². The lowest BCUT2D eigenvalue weighted by Crippen LogP contribution is -2.40. The Bertz CT molecular complexity index is 697. The van der Waals surface area contributed by atoms with Crippen molar-refractivity contribution in [3.63, 3.8) is 0 Å². The van der Waals surface area contributed by atoms with Crippen LogP contribution < -0.4 is 4.73 Å². The number of aromatic nitrogens is 1. The lowest BCUT2D eigenvalue weighted by atomic mass is 9.90. The molecule has 4 heteroatoms. The van der Waals surface area contributed by atoms with E-state index in [0.29, 0.717) is 16.2 Å². The van der Waals surface area contributed by atoms with Crippen LogP contribution in [-0.4, -0.2) is 23.9 Å². The molecule has 1 atom stereocenters. The predicted octanol–water partition coefficient (Wildman–Crippen LogP) is 3.11. The summed E-state index contributed by atoms with van der Waals surface area (Å²) in [4.78, 5) is 14.5. The first kappa shape index (κ1) is 16.5.